The van der Waals surface area contributed by atoms with Crippen molar-refractivity contribution in [3.05, 3.63) is 0 Å². The van der Waals surface area contributed by atoms with Crippen LogP contribution in [-0.4, -0.2) is 89.0 Å². The van der Waals surface area contributed by atoms with Gasteiger partial charge < -0.3 is 45.8 Å². The fourth-order valence-corrected chi connectivity index (χ4v) is 1.45. The van der Waals surface area contributed by atoms with E-state index >= 15 is 0 Å². The maximum atomic E-state index is 10.5. The van der Waals surface area contributed by atoms with E-state index in [1.54, 1.807) is 0 Å². The maximum absolute atomic E-state index is 10.5. The second kappa shape index (κ2) is 24.7. The third-order valence-corrected chi connectivity index (χ3v) is 2.15. The minimum absolute atomic E-state index is 0. The summed E-state index contributed by atoms with van der Waals surface area (Å²) in [5, 5.41) is 39.8. The smallest absolute Gasteiger partial charge is 0.549 e. The molecule has 0 saturated carbocycles. The molecule has 0 aromatic heterocycles. The van der Waals surface area contributed by atoms with Gasteiger partial charge in [0.05, 0.1) is 24.5 Å². The zero-order chi connectivity index (χ0) is 15.7. The van der Waals surface area contributed by atoms with Crippen LogP contribution < -0.4 is 169 Å². The molecule has 0 aliphatic carbocycles. The van der Waals surface area contributed by atoms with Gasteiger partial charge in [0.15, 0.2) is 0 Å². The van der Waals surface area contributed by atoms with Gasteiger partial charge in [0.1, 0.15) is 0 Å². The maximum Gasteiger partial charge on any atom is 1.00 e. The fraction of sp³-hybridized carbons (Fsp3) is 0.600. The Morgan fingerprint density at radius 1 is 0.640 bits per heavy atom. The van der Waals surface area contributed by atoms with Crippen molar-refractivity contribution < 1.29 is 205 Å². The Bertz CT molecular complexity index is 331. The summed E-state index contributed by atoms with van der Waals surface area (Å²) in [6, 6.07) is 0. The van der Waals surface area contributed by atoms with Crippen LogP contribution in [0, 0.1) is 0 Å². The molecule has 0 radical (unpaired) electrons. The quantitative estimate of drug-likeness (QED) is 0.297. The summed E-state index contributed by atoms with van der Waals surface area (Å²) in [6.45, 7) is -3.00. The topological polar surface area (TPSA) is 227 Å². The first-order chi connectivity index (χ1) is 9.20. The Balaban J connectivity index is -0.000000180. The molecule has 15 heteroatoms. The number of carbonyl (C=O) groups excluding carboxylic acids is 3. The number of nitrogens with zero attached hydrogens (tertiary/aromatic N) is 2. The number of hydrogen-bond donors (Lipinski definition) is 1. The number of aliphatic carboxylic acids is 4. The number of carboxylic acids is 4. The third kappa shape index (κ3) is 28.9. The molecule has 12 nitrogen and oxygen atoms in total. The first-order valence-electron chi connectivity index (χ1n) is 5.46. The average Bonchev–Trinajstić information content (AvgIpc) is 2.22. The van der Waals surface area contributed by atoms with Crippen LogP contribution in [0.4, 0.5) is 0 Å². The molecule has 25 heavy (non-hydrogen) atoms. The summed E-state index contributed by atoms with van der Waals surface area (Å²) in [6.07, 6.45) is 0. The molecule has 0 unspecified atom stereocenters. The molecular formula is C10H17K3N2O10. The molecule has 0 rings (SSSR count). The van der Waals surface area contributed by atoms with Crippen LogP contribution in [0.2, 0.25) is 0 Å². The Hall–Kier alpha value is 2.63. The summed E-state index contributed by atoms with van der Waals surface area (Å²) >= 11 is 0. The molecule has 0 saturated heterocycles. The van der Waals surface area contributed by atoms with Gasteiger partial charge in [0.2, 0.25) is 0 Å². The summed E-state index contributed by atoms with van der Waals surface area (Å²) in [5.74, 6) is -5.82. The van der Waals surface area contributed by atoms with E-state index in [1.165, 1.54) is 0 Å². The van der Waals surface area contributed by atoms with E-state index in [2.05, 4.69) is 0 Å². The molecule has 0 heterocycles. The molecule has 0 spiro atoms. The van der Waals surface area contributed by atoms with Crippen molar-refractivity contribution in [2.75, 3.05) is 39.3 Å². The average molecular weight is 443 g/mol. The van der Waals surface area contributed by atoms with Crippen LogP contribution >= 0.6 is 0 Å². The first-order valence-corrected chi connectivity index (χ1v) is 5.46. The van der Waals surface area contributed by atoms with Crippen molar-refractivity contribution in [1.29, 1.82) is 0 Å². The largest absolute Gasteiger partial charge is 1.00 e. The van der Waals surface area contributed by atoms with Crippen molar-refractivity contribution in [1.82, 2.24) is 9.80 Å². The van der Waals surface area contributed by atoms with Crippen molar-refractivity contribution in [2.24, 2.45) is 0 Å². The van der Waals surface area contributed by atoms with Crippen molar-refractivity contribution >= 4 is 23.9 Å². The zero-order valence-electron chi connectivity index (χ0n) is 14.4. The Morgan fingerprint density at radius 2 is 0.880 bits per heavy atom. The molecular weight excluding hydrogens is 425 g/mol. The van der Waals surface area contributed by atoms with Crippen LogP contribution in [0.15, 0.2) is 0 Å². The van der Waals surface area contributed by atoms with E-state index in [1.807, 2.05) is 0 Å². The Kier molecular flexibility index (Phi) is 41.3. The summed E-state index contributed by atoms with van der Waals surface area (Å²) in [5.41, 5.74) is 0. The molecule has 0 aromatic rings. The van der Waals surface area contributed by atoms with Crippen LogP contribution in [0.1, 0.15) is 0 Å². The van der Waals surface area contributed by atoms with Gasteiger partial charge in [-0.3, -0.25) is 14.6 Å². The van der Waals surface area contributed by atoms with E-state index in [0.717, 1.165) is 9.80 Å². The Labute approximate surface area is 271 Å². The monoisotopic (exact) mass is 442 g/mol. The van der Waals surface area contributed by atoms with Crippen LogP contribution in [-0.2, 0) is 19.2 Å². The van der Waals surface area contributed by atoms with Crippen molar-refractivity contribution in [3.8, 4) is 0 Å². The number of hydrogen-bond acceptors (Lipinski definition) is 9. The number of rotatable bonds is 11. The Morgan fingerprint density at radius 3 is 1.08 bits per heavy atom. The summed E-state index contributed by atoms with van der Waals surface area (Å²) in [7, 11) is 0. The van der Waals surface area contributed by atoms with Crippen LogP contribution in [0.25, 0.3) is 0 Å². The molecule has 0 fully saturated rings. The van der Waals surface area contributed by atoms with Gasteiger partial charge in [-0.05, 0) is 0 Å². The van der Waals surface area contributed by atoms with Gasteiger partial charge in [-0.1, -0.05) is 0 Å². The summed E-state index contributed by atoms with van der Waals surface area (Å²) < 4.78 is 0. The number of carboxylic acid groups (broad SMARTS) is 4. The van der Waals surface area contributed by atoms with E-state index < -0.39 is 50.1 Å². The zero-order valence-corrected chi connectivity index (χ0v) is 23.8. The fourth-order valence-electron chi connectivity index (χ4n) is 1.45. The van der Waals surface area contributed by atoms with Gasteiger partial charge in [0.25, 0.3) is 0 Å². The molecule has 0 aromatic carbocycles. The van der Waals surface area contributed by atoms with Gasteiger partial charge >= 0.3 is 160 Å². The van der Waals surface area contributed by atoms with Gasteiger partial charge in [0, 0.05) is 32.7 Å². The second-order valence-corrected chi connectivity index (χ2v) is 3.93. The van der Waals surface area contributed by atoms with Crippen LogP contribution in [0.3, 0.4) is 0 Å². The molecule has 0 aliphatic heterocycles. The molecule has 0 bridgehead atoms. The van der Waals surface area contributed by atoms with Crippen molar-refractivity contribution in [3.63, 3.8) is 0 Å². The standard InChI is InChI=1S/C10H16N2O8.3K.2H2O/c13-7(14)3-11(4-8(15)16)1-2-12(5-9(17)18)6-10(19)20;;;;;/h1-6H2,(H,13,14)(H,15,16)(H,17,18)(H,19,20);;;;2*1H2/q;3*+1;;/p-3. The normalized spacial score (nSPS) is 8.56. The minimum atomic E-state index is -1.52. The number of carbonyl (C=O) groups is 4. The van der Waals surface area contributed by atoms with Crippen molar-refractivity contribution in [2.45, 2.75) is 0 Å². The molecule has 0 aliphatic rings. The molecule has 0 atom stereocenters. The van der Waals surface area contributed by atoms with Gasteiger partial charge in [-0.15, -0.1) is 0 Å². The van der Waals surface area contributed by atoms with E-state index in [4.69, 9.17) is 5.11 Å². The third-order valence-electron chi connectivity index (χ3n) is 2.15. The SMILES string of the molecule is O.O.O=C([O-])CN(CCN(CC(=O)[O-])CC(=O)O)CC(=O)[O-].[K+].[K+].[K+]. The predicted octanol–water partition coefficient (Wildman–Crippen LogP) is -16.7. The summed E-state index contributed by atoms with van der Waals surface area (Å²) in [4.78, 5) is 43.7. The second-order valence-electron chi connectivity index (χ2n) is 3.93. The first kappa shape index (κ1) is 41.9. The van der Waals surface area contributed by atoms with E-state index in [9.17, 15) is 34.5 Å². The molecule has 130 valence electrons. The minimum Gasteiger partial charge on any atom is -0.549 e. The van der Waals surface area contributed by atoms with E-state index in [0.29, 0.717) is 0 Å². The van der Waals surface area contributed by atoms with Gasteiger partial charge in [-0.25, -0.2) is 0 Å². The predicted molar refractivity (Wildman–Crippen MR) is 62.8 cm³/mol. The van der Waals surface area contributed by atoms with Crippen LogP contribution in [0.5, 0.6) is 0 Å². The van der Waals surface area contributed by atoms with E-state index in [-0.39, 0.29) is 178 Å². The molecule has 5 N–H and O–H groups in total. The van der Waals surface area contributed by atoms with Gasteiger partial charge in [-0.2, -0.15) is 0 Å². The molecule has 0 amide bonds.